The molecule has 2 rings (SSSR count). The first-order valence-electron chi connectivity index (χ1n) is 6.17. The van der Waals surface area contributed by atoms with Crippen LogP contribution in [0.25, 0.3) is 0 Å². The number of aryl methyl sites for hydroxylation is 1. The van der Waals surface area contributed by atoms with Gasteiger partial charge in [0.2, 0.25) is 0 Å². The molecule has 4 nitrogen and oxygen atoms in total. The molecule has 5 heteroatoms. The number of hydrogen-bond acceptors (Lipinski definition) is 4. The van der Waals surface area contributed by atoms with Gasteiger partial charge in [0.25, 0.3) is 0 Å². The minimum Gasteiger partial charge on any atom is -0.434 e. The summed E-state index contributed by atoms with van der Waals surface area (Å²) in [5, 5.41) is 0. The first kappa shape index (κ1) is 13.1. The van der Waals surface area contributed by atoms with Crippen molar-refractivity contribution in [2.24, 2.45) is 0 Å². The quantitative estimate of drug-likeness (QED) is 0.836. The lowest BCUT2D eigenvalue weighted by atomic mass is 10.2. The molecule has 0 spiro atoms. The monoisotopic (exact) mass is 303 g/mol. The molecule has 0 amide bonds. The molecule has 1 unspecified atom stereocenters. The average Bonchev–Trinajstić information content (AvgIpc) is 2.69. The highest BCUT2D eigenvalue weighted by Crippen LogP contribution is 2.22. The molecular weight excluding hydrogens is 286 g/mol. The van der Waals surface area contributed by atoms with E-state index < -0.39 is 0 Å². The van der Waals surface area contributed by atoms with Crippen LogP contribution < -0.4 is 0 Å². The molecule has 17 heavy (non-hydrogen) atoms. The predicted molar refractivity (Wildman–Crippen MR) is 66.6 cm³/mol. The summed E-state index contributed by atoms with van der Waals surface area (Å²) in [7, 11) is 0. The molecule has 1 atom stereocenters. The second kappa shape index (κ2) is 6.52. The van der Waals surface area contributed by atoms with E-state index in [1.807, 2.05) is 0 Å². The van der Waals surface area contributed by atoms with E-state index in [4.69, 9.17) is 13.9 Å². The van der Waals surface area contributed by atoms with E-state index >= 15 is 0 Å². The lowest BCUT2D eigenvalue weighted by molar-refractivity contribution is -0.169. The van der Waals surface area contributed by atoms with Gasteiger partial charge in [0, 0.05) is 13.0 Å². The Morgan fingerprint density at radius 1 is 1.47 bits per heavy atom. The maximum atomic E-state index is 5.67. The SMILES string of the molecule is CCCc1nc(COC2CCCCO2)c(Br)o1. The number of ether oxygens (including phenoxy) is 2. The molecule has 1 aliphatic rings. The molecule has 0 radical (unpaired) electrons. The van der Waals surface area contributed by atoms with Gasteiger partial charge in [-0.1, -0.05) is 6.92 Å². The average molecular weight is 304 g/mol. The zero-order chi connectivity index (χ0) is 12.1. The number of halogens is 1. The third-order valence-electron chi connectivity index (χ3n) is 2.70. The Bertz CT molecular complexity index is 348. The van der Waals surface area contributed by atoms with Crippen LogP contribution in [-0.2, 0) is 22.5 Å². The zero-order valence-corrected chi connectivity index (χ0v) is 11.7. The molecule has 0 aromatic carbocycles. The molecule has 0 saturated carbocycles. The number of nitrogens with zero attached hydrogens (tertiary/aromatic N) is 1. The van der Waals surface area contributed by atoms with Crippen LogP contribution in [0.4, 0.5) is 0 Å². The van der Waals surface area contributed by atoms with Crippen LogP contribution in [0.2, 0.25) is 0 Å². The van der Waals surface area contributed by atoms with Crippen LogP contribution >= 0.6 is 15.9 Å². The Kier molecular flexibility index (Phi) is 5.00. The molecule has 96 valence electrons. The standard InChI is InChI=1S/C12H18BrNO3/c1-2-5-10-14-9(12(13)17-10)8-16-11-6-3-4-7-15-11/h11H,2-8H2,1H3. The van der Waals surface area contributed by atoms with Crippen molar-refractivity contribution in [1.29, 1.82) is 0 Å². The van der Waals surface area contributed by atoms with Gasteiger partial charge in [0.1, 0.15) is 5.69 Å². The molecule has 1 fully saturated rings. The molecule has 1 aliphatic heterocycles. The fourth-order valence-corrected chi connectivity index (χ4v) is 2.19. The Balaban J connectivity index is 1.84. The molecule has 2 heterocycles. The van der Waals surface area contributed by atoms with Crippen molar-refractivity contribution in [3.05, 3.63) is 16.3 Å². The number of oxazole rings is 1. The van der Waals surface area contributed by atoms with Crippen molar-refractivity contribution in [2.75, 3.05) is 6.61 Å². The van der Waals surface area contributed by atoms with Crippen LogP contribution in [0.5, 0.6) is 0 Å². The minimum atomic E-state index is -0.0815. The molecule has 0 bridgehead atoms. The van der Waals surface area contributed by atoms with E-state index in [2.05, 4.69) is 27.8 Å². The predicted octanol–water partition coefficient (Wildman–Crippen LogP) is 3.43. The highest BCUT2D eigenvalue weighted by atomic mass is 79.9. The minimum absolute atomic E-state index is 0.0815. The fraction of sp³-hybridized carbons (Fsp3) is 0.750. The Morgan fingerprint density at radius 2 is 2.35 bits per heavy atom. The summed E-state index contributed by atoms with van der Waals surface area (Å²) in [5.41, 5.74) is 0.822. The molecule has 1 aromatic heterocycles. The summed E-state index contributed by atoms with van der Waals surface area (Å²) in [4.78, 5) is 4.39. The second-order valence-electron chi connectivity index (χ2n) is 4.19. The summed E-state index contributed by atoms with van der Waals surface area (Å²) >= 11 is 3.36. The van der Waals surface area contributed by atoms with Crippen molar-refractivity contribution < 1.29 is 13.9 Å². The first-order valence-corrected chi connectivity index (χ1v) is 6.96. The maximum Gasteiger partial charge on any atom is 0.196 e. The Labute approximate surface area is 110 Å². The lowest BCUT2D eigenvalue weighted by Gasteiger charge is -2.22. The second-order valence-corrected chi connectivity index (χ2v) is 4.91. The smallest absolute Gasteiger partial charge is 0.196 e. The van der Waals surface area contributed by atoms with Crippen LogP contribution in [-0.4, -0.2) is 17.9 Å². The maximum absolute atomic E-state index is 5.67. The zero-order valence-electron chi connectivity index (χ0n) is 10.1. The Hall–Kier alpha value is -0.390. The van der Waals surface area contributed by atoms with Gasteiger partial charge in [-0.3, -0.25) is 0 Å². The van der Waals surface area contributed by atoms with Crippen molar-refractivity contribution in [3.63, 3.8) is 0 Å². The molecule has 0 N–H and O–H groups in total. The molecular formula is C12H18BrNO3. The topological polar surface area (TPSA) is 44.5 Å². The largest absolute Gasteiger partial charge is 0.434 e. The normalized spacial score (nSPS) is 20.7. The van der Waals surface area contributed by atoms with E-state index in [-0.39, 0.29) is 6.29 Å². The van der Waals surface area contributed by atoms with Crippen molar-refractivity contribution in [1.82, 2.24) is 4.98 Å². The van der Waals surface area contributed by atoms with Gasteiger partial charge in [-0.15, -0.1) is 0 Å². The van der Waals surface area contributed by atoms with E-state index in [1.165, 1.54) is 6.42 Å². The Morgan fingerprint density at radius 3 is 3.06 bits per heavy atom. The van der Waals surface area contributed by atoms with Crippen LogP contribution in [0, 0.1) is 0 Å². The van der Waals surface area contributed by atoms with Crippen molar-refractivity contribution in [3.8, 4) is 0 Å². The van der Waals surface area contributed by atoms with E-state index in [0.29, 0.717) is 11.3 Å². The summed E-state index contributed by atoms with van der Waals surface area (Å²) < 4.78 is 17.3. The molecule has 1 aromatic rings. The van der Waals surface area contributed by atoms with E-state index in [0.717, 1.165) is 43.9 Å². The van der Waals surface area contributed by atoms with Gasteiger partial charge in [-0.05, 0) is 41.6 Å². The number of rotatable bonds is 5. The summed E-state index contributed by atoms with van der Waals surface area (Å²) in [5.74, 6) is 0.766. The van der Waals surface area contributed by atoms with Crippen molar-refractivity contribution >= 4 is 15.9 Å². The van der Waals surface area contributed by atoms with Crippen molar-refractivity contribution in [2.45, 2.75) is 51.9 Å². The van der Waals surface area contributed by atoms with Crippen LogP contribution in [0.3, 0.4) is 0 Å². The highest BCUT2D eigenvalue weighted by molar-refractivity contribution is 9.10. The van der Waals surface area contributed by atoms with Crippen LogP contribution in [0.15, 0.2) is 9.09 Å². The molecule has 1 saturated heterocycles. The number of hydrogen-bond donors (Lipinski definition) is 0. The number of aromatic nitrogens is 1. The van der Waals surface area contributed by atoms with E-state index in [9.17, 15) is 0 Å². The fourth-order valence-electron chi connectivity index (χ4n) is 1.80. The van der Waals surface area contributed by atoms with Crippen LogP contribution in [0.1, 0.15) is 44.2 Å². The van der Waals surface area contributed by atoms with Gasteiger partial charge in [0.15, 0.2) is 16.9 Å². The van der Waals surface area contributed by atoms with E-state index in [1.54, 1.807) is 0 Å². The summed E-state index contributed by atoms with van der Waals surface area (Å²) in [6.45, 7) is 3.34. The van der Waals surface area contributed by atoms with Gasteiger partial charge in [-0.2, -0.15) is 0 Å². The third-order valence-corrected chi connectivity index (χ3v) is 3.32. The van der Waals surface area contributed by atoms with Gasteiger partial charge >= 0.3 is 0 Å². The first-order chi connectivity index (χ1) is 8.29. The van der Waals surface area contributed by atoms with Gasteiger partial charge < -0.3 is 13.9 Å². The summed E-state index contributed by atoms with van der Waals surface area (Å²) in [6.07, 6.45) is 5.08. The van der Waals surface area contributed by atoms with Gasteiger partial charge in [-0.25, -0.2) is 4.98 Å². The van der Waals surface area contributed by atoms with Gasteiger partial charge in [0.05, 0.1) is 6.61 Å². The molecule has 0 aliphatic carbocycles. The third kappa shape index (κ3) is 3.79. The highest BCUT2D eigenvalue weighted by Gasteiger charge is 2.17. The summed E-state index contributed by atoms with van der Waals surface area (Å²) in [6, 6.07) is 0. The lowest BCUT2D eigenvalue weighted by Crippen LogP contribution is -2.22.